The predicted molar refractivity (Wildman–Crippen MR) is 79.3 cm³/mol. The Kier molecular flexibility index (Phi) is 4.19. The Balaban J connectivity index is 2.19. The summed E-state index contributed by atoms with van der Waals surface area (Å²) in [6, 6.07) is 6.97. The maximum Gasteiger partial charge on any atom is 0.104 e. The first kappa shape index (κ1) is 13.3. The number of thiocarbonyl (C=S) groups is 1. The Bertz CT molecular complexity index is 443. The van der Waals surface area contributed by atoms with Crippen LogP contribution in [-0.2, 0) is 4.74 Å². The van der Waals surface area contributed by atoms with E-state index in [4.69, 9.17) is 22.7 Å². The van der Waals surface area contributed by atoms with E-state index in [2.05, 4.69) is 24.0 Å². The molecule has 0 saturated heterocycles. The van der Waals surface area contributed by atoms with Crippen molar-refractivity contribution in [2.75, 3.05) is 25.2 Å². The normalized spacial score (nSPS) is 14.6. The number of hydrogen-bond acceptors (Lipinski definition) is 3. The summed E-state index contributed by atoms with van der Waals surface area (Å²) >= 11 is 5.04. The molecule has 0 spiro atoms. The van der Waals surface area contributed by atoms with Gasteiger partial charge in [0.25, 0.3) is 0 Å². The van der Waals surface area contributed by atoms with E-state index in [1.54, 1.807) is 7.11 Å². The number of ether oxygens (including phenoxy) is 1. The minimum atomic E-state index is 0.467. The van der Waals surface area contributed by atoms with Gasteiger partial charge >= 0.3 is 0 Å². The quantitative estimate of drug-likeness (QED) is 0.800. The van der Waals surface area contributed by atoms with Crippen LogP contribution in [0.5, 0.6) is 0 Å². The summed E-state index contributed by atoms with van der Waals surface area (Å²) in [5.41, 5.74) is 9.04. The van der Waals surface area contributed by atoms with Crippen LogP contribution in [0.4, 0.5) is 5.69 Å². The van der Waals surface area contributed by atoms with E-state index in [-0.39, 0.29) is 0 Å². The molecule has 18 heavy (non-hydrogen) atoms. The minimum Gasteiger partial charge on any atom is -0.389 e. The number of aryl methyl sites for hydroxylation is 1. The molecule has 4 heteroatoms. The van der Waals surface area contributed by atoms with Crippen molar-refractivity contribution in [3.8, 4) is 0 Å². The molecule has 1 aliphatic carbocycles. The van der Waals surface area contributed by atoms with Crippen LogP contribution in [0.2, 0.25) is 0 Å². The van der Waals surface area contributed by atoms with E-state index >= 15 is 0 Å². The lowest BCUT2D eigenvalue weighted by molar-refractivity contribution is 0.205. The molecule has 0 atom stereocenters. The van der Waals surface area contributed by atoms with Gasteiger partial charge in [0.2, 0.25) is 0 Å². The van der Waals surface area contributed by atoms with Crippen molar-refractivity contribution in [2.24, 2.45) is 5.73 Å². The smallest absolute Gasteiger partial charge is 0.104 e. The van der Waals surface area contributed by atoms with Gasteiger partial charge in [-0.1, -0.05) is 12.2 Å². The van der Waals surface area contributed by atoms with Crippen molar-refractivity contribution < 1.29 is 4.74 Å². The predicted octanol–water partition coefficient (Wildman–Crippen LogP) is 2.24. The summed E-state index contributed by atoms with van der Waals surface area (Å²) in [5, 5.41) is 0. The van der Waals surface area contributed by atoms with Gasteiger partial charge in [0.05, 0.1) is 6.61 Å². The van der Waals surface area contributed by atoms with Gasteiger partial charge in [0.1, 0.15) is 4.99 Å². The molecule has 0 aromatic heterocycles. The van der Waals surface area contributed by atoms with Crippen LogP contribution >= 0.6 is 12.2 Å². The van der Waals surface area contributed by atoms with Crippen molar-refractivity contribution >= 4 is 22.9 Å². The molecule has 3 nitrogen and oxygen atoms in total. The number of benzene rings is 1. The third-order valence-corrected chi connectivity index (χ3v) is 3.55. The van der Waals surface area contributed by atoms with Crippen molar-refractivity contribution in [2.45, 2.75) is 25.8 Å². The van der Waals surface area contributed by atoms with Crippen LogP contribution in [0.1, 0.15) is 24.0 Å². The monoisotopic (exact) mass is 264 g/mol. The maximum absolute atomic E-state index is 5.69. The van der Waals surface area contributed by atoms with Crippen molar-refractivity contribution in [1.82, 2.24) is 0 Å². The minimum absolute atomic E-state index is 0.467. The van der Waals surface area contributed by atoms with Gasteiger partial charge < -0.3 is 15.4 Å². The largest absolute Gasteiger partial charge is 0.389 e. The van der Waals surface area contributed by atoms with Crippen LogP contribution in [-0.4, -0.2) is 31.3 Å². The zero-order chi connectivity index (χ0) is 13.1. The van der Waals surface area contributed by atoms with Crippen molar-refractivity contribution in [3.63, 3.8) is 0 Å². The molecule has 2 N–H and O–H groups in total. The Morgan fingerprint density at radius 2 is 2.22 bits per heavy atom. The second-order valence-electron chi connectivity index (χ2n) is 4.78. The molecule has 2 rings (SSSR count). The molecule has 0 bridgehead atoms. The third-order valence-electron chi connectivity index (χ3n) is 3.33. The second kappa shape index (κ2) is 5.67. The third kappa shape index (κ3) is 3.00. The second-order valence-corrected chi connectivity index (χ2v) is 5.22. The number of rotatable bonds is 6. The lowest BCUT2D eigenvalue weighted by Crippen LogP contribution is -2.29. The Morgan fingerprint density at radius 3 is 2.72 bits per heavy atom. The first-order valence-corrected chi connectivity index (χ1v) is 6.70. The molecule has 0 radical (unpaired) electrons. The SMILES string of the molecule is COCCN(c1ccc(C(N)=S)c(C)c1)C1CC1. The fraction of sp³-hybridized carbons (Fsp3) is 0.500. The molecule has 1 aliphatic rings. The number of nitrogens with two attached hydrogens (primary N) is 1. The molecule has 0 aliphatic heterocycles. The van der Waals surface area contributed by atoms with Crippen LogP contribution in [0.3, 0.4) is 0 Å². The van der Waals surface area contributed by atoms with Gasteiger partial charge in [-0.05, 0) is 43.5 Å². The van der Waals surface area contributed by atoms with E-state index in [9.17, 15) is 0 Å². The van der Waals surface area contributed by atoms with Crippen LogP contribution in [0, 0.1) is 6.92 Å². The zero-order valence-corrected chi connectivity index (χ0v) is 11.8. The van der Waals surface area contributed by atoms with Crippen molar-refractivity contribution in [3.05, 3.63) is 29.3 Å². The molecular formula is C14H20N2OS. The van der Waals surface area contributed by atoms with Crippen LogP contribution < -0.4 is 10.6 Å². The van der Waals surface area contributed by atoms with Gasteiger partial charge in [-0.2, -0.15) is 0 Å². The van der Waals surface area contributed by atoms with Gasteiger partial charge in [0.15, 0.2) is 0 Å². The number of hydrogen-bond donors (Lipinski definition) is 1. The molecule has 1 aromatic rings. The molecular weight excluding hydrogens is 244 g/mol. The van der Waals surface area contributed by atoms with E-state index in [0.717, 1.165) is 24.3 Å². The van der Waals surface area contributed by atoms with Gasteiger partial charge in [-0.25, -0.2) is 0 Å². The molecule has 98 valence electrons. The molecule has 1 aromatic carbocycles. The average molecular weight is 264 g/mol. The Hall–Kier alpha value is -1.13. The highest BCUT2D eigenvalue weighted by molar-refractivity contribution is 7.80. The first-order valence-electron chi connectivity index (χ1n) is 6.29. The highest BCUT2D eigenvalue weighted by Gasteiger charge is 2.29. The Labute approximate surface area is 114 Å². The average Bonchev–Trinajstić information content (AvgIpc) is 3.13. The fourth-order valence-electron chi connectivity index (χ4n) is 2.20. The number of anilines is 1. The van der Waals surface area contributed by atoms with Crippen molar-refractivity contribution in [1.29, 1.82) is 0 Å². The number of methoxy groups -OCH3 is 1. The van der Waals surface area contributed by atoms with E-state index in [0.29, 0.717) is 11.0 Å². The maximum atomic E-state index is 5.69. The van der Waals surface area contributed by atoms with E-state index in [1.807, 2.05) is 6.07 Å². The number of nitrogens with zero attached hydrogens (tertiary/aromatic N) is 1. The zero-order valence-electron chi connectivity index (χ0n) is 11.0. The van der Waals surface area contributed by atoms with E-state index in [1.165, 1.54) is 18.5 Å². The standard InChI is InChI=1S/C14H20N2OS/c1-10-9-12(5-6-13(10)14(15)18)16(7-8-17-2)11-3-4-11/h5-6,9,11H,3-4,7-8H2,1-2H3,(H2,15,18). The molecule has 1 fully saturated rings. The van der Waals surface area contributed by atoms with Crippen LogP contribution in [0.25, 0.3) is 0 Å². The summed E-state index contributed by atoms with van der Waals surface area (Å²) in [6.45, 7) is 3.75. The summed E-state index contributed by atoms with van der Waals surface area (Å²) in [6.07, 6.45) is 2.56. The lowest BCUT2D eigenvalue weighted by Gasteiger charge is -2.25. The first-order chi connectivity index (χ1) is 8.63. The molecule has 1 saturated carbocycles. The van der Waals surface area contributed by atoms with Crippen LogP contribution in [0.15, 0.2) is 18.2 Å². The fourth-order valence-corrected chi connectivity index (χ4v) is 2.43. The molecule has 0 heterocycles. The van der Waals surface area contributed by atoms with E-state index < -0.39 is 0 Å². The summed E-state index contributed by atoms with van der Waals surface area (Å²) < 4.78 is 5.18. The summed E-state index contributed by atoms with van der Waals surface area (Å²) in [4.78, 5) is 2.88. The van der Waals surface area contributed by atoms with Gasteiger partial charge in [-0.3, -0.25) is 0 Å². The summed E-state index contributed by atoms with van der Waals surface area (Å²) in [5.74, 6) is 0. The highest BCUT2D eigenvalue weighted by atomic mass is 32.1. The highest BCUT2D eigenvalue weighted by Crippen LogP contribution is 2.32. The lowest BCUT2D eigenvalue weighted by atomic mass is 10.1. The molecule has 0 amide bonds. The summed E-state index contributed by atoms with van der Waals surface area (Å²) in [7, 11) is 1.74. The topological polar surface area (TPSA) is 38.5 Å². The molecule has 0 unspecified atom stereocenters. The van der Waals surface area contributed by atoms with Gasteiger partial charge in [0, 0.05) is 30.9 Å². The van der Waals surface area contributed by atoms with Gasteiger partial charge in [-0.15, -0.1) is 0 Å². The Morgan fingerprint density at radius 1 is 1.50 bits per heavy atom.